The fourth-order valence-corrected chi connectivity index (χ4v) is 5.24. The van der Waals surface area contributed by atoms with E-state index < -0.39 is 5.54 Å². The molecule has 1 N–H and O–H groups in total. The Morgan fingerprint density at radius 2 is 2.00 bits per heavy atom. The molecule has 1 aliphatic carbocycles. The van der Waals surface area contributed by atoms with Crippen LogP contribution in [-0.4, -0.2) is 54.3 Å². The number of nitrogens with zero attached hydrogens (tertiary/aromatic N) is 6. The Bertz CT molecular complexity index is 1010. The lowest BCUT2D eigenvalue weighted by atomic mass is 9.83. The first-order valence-electron chi connectivity index (χ1n) is 11.6. The van der Waals surface area contributed by atoms with Crippen molar-refractivity contribution in [2.45, 2.75) is 75.0 Å². The average Bonchev–Trinajstić information content (AvgIpc) is 3.13. The van der Waals surface area contributed by atoms with Crippen LogP contribution in [0.4, 0.5) is 0 Å². The highest BCUT2D eigenvalue weighted by atomic mass is 32.2. The fraction of sp³-hybridized carbons (Fsp3) is 0.565. The molecule has 1 saturated carbocycles. The Kier molecular flexibility index (Phi) is 7.60. The molecule has 2 amide bonds. The molecule has 174 valence electrons. The van der Waals surface area contributed by atoms with Crippen LogP contribution in [0.3, 0.4) is 0 Å². The molecule has 0 radical (unpaired) electrons. The lowest BCUT2D eigenvalue weighted by Gasteiger charge is -2.31. The maximum atomic E-state index is 12.7. The molecule has 3 heterocycles. The molecule has 33 heavy (non-hydrogen) atoms. The van der Waals surface area contributed by atoms with Crippen LogP contribution in [0, 0.1) is 11.3 Å². The summed E-state index contributed by atoms with van der Waals surface area (Å²) in [4.78, 5) is 31.3. The number of hydrogen-bond acceptors (Lipinski definition) is 7. The van der Waals surface area contributed by atoms with Gasteiger partial charge in [-0.2, -0.15) is 5.26 Å². The van der Waals surface area contributed by atoms with Crippen LogP contribution in [0.1, 0.15) is 63.6 Å². The van der Waals surface area contributed by atoms with Crippen molar-refractivity contribution in [2.24, 2.45) is 0 Å². The Hall–Kier alpha value is -2.93. The summed E-state index contributed by atoms with van der Waals surface area (Å²) in [5.74, 6) is 0.719. The van der Waals surface area contributed by atoms with E-state index in [4.69, 9.17) is 0 Å². The van der Waals surface area contributed by atoms with E-state index >= 15 is 0 Å². The molecule has 0 aromatic carbocycles. The quantitative estimate of drug-likeness (QED) is 0.622. The van der Waals surface area contributed by atoms with E-state index in [1.54, 1.807) is 12.4 Å². The van der Waals surface area contributed by atoms with Gasteiger partial charge in [-0.1, -0.05) is 37.4 Å². The van der Waals surface area contributed by atoms with Gasteiger partial charge in [0.15, 0.2) is 11.0 Å². The number of nitriles is 1. The molecule has 0 unspecified atom stereocenters. The molecule has 2 aromatic heterocycles. The molecule has 1 saturated heterocycles. The topological polar surface area (TPSA) is 117 Å². The molecule has 10 heteroatoms. The first-order valence-corrected chi connectivity index (χ1v) is 12.6. The summed E-state index contributed by atoms with van der Waals surface area (Å²) in [7, 11) is 0. The average molecular weight is 468 g/mol. The fourth-order valence-electron chi connectivity index (χ4n) is 4.47. The van der Waals surface area contributed by atoms with E-state index in [0.717, 1.165) is 44.2 Å². The highest BCUT2D eigenvalue weighted by molar-refractivity contribution is 7.99. The van der Waals surface area contributed by atoms with E-state index in [0.29, 0.717) is 43.3 Å². The van der Waals surface area contributed by atoms with Crippen LogP contribution in [0.15, 0.2) is 29.7 Å². The van der Waals surface area contributed by atoms with Gasteiger partial charge in [0.05, 0.1) is 30.3 Å². The monoisotopic (exact) mass is 467 g/mol. The molecule has 4 rings (SSSR count). The zero-order valence-corrected chi connectivity index (χ0v) is 19.5. The number of pyridine rings is 1. The highest BCUT2D eigenvalue weighted by Gasteiger charge is 2.33. The van der Waals surface area contributed by atoms with Crippen LogP contribution in [0.2, 0.25) is 0 Å². The standard InChI is InChI=1S/C23H29N7O2S/c24-17-23(10-4-2-5-11-23)26-20(31)16-33-22-28-27-19(30(22)18-8-7-12-25-14-18)15-29-13-6-1-3-9-21(29)32/h7-8,12,14H,1-6,9-11,13,15-16H2,(H,26,31). The molecule has 1 aliphatic heterocycles. The third kappa shape index (κ3) is 5.71. The lowest BCUT2D eigenvalue weighted by Crippen LogP contribution is -2.49. The second kappa shape index (κ2) is 10.8. The van der Waals surface area contributed by atoms with Gasteiger partial charge in [-0.15, -0.1) is 10.2 Å². The van der Waals surface area contributed by atoms with Crippen molar-refractivity contribution in [3.8, 4) is 11.8 Å². The van der Waals surface area contributed by atoms with Gasteiger partial charge >= 0.3 is 0 Å². The van der Waals surface area contributed by atoms with Crippen molar-refractivity contribution in [3.63, 3.8) is 0 Å². The van der Waals surface area contributed by atoms with Gasteiger partial charge in [0.1, 0.15) is 5.54 Å². The van der Waals surface area contributed by atoms with Gasteiger partial charge in [-0.25, -0.2) is 0 Å². The van der Waals surface area contributed by atoms with E-state index in [1.165, 1.54) is 11.8 Å². The number of aromatic nitrogens is 4. The minimum atomic E-state index is -0.759. The number of rotatable bonds is 7. The van der Waals surface area contributed by atoms with Crippen molar-refractivity contribution in [1.29, 1.82) is 5.26 Å². The molecule has 2 fully saturated rings. The third-order valence-electron chi connectivity index (χ3n) is 6.24. The predicted octanol–water partition coefficient (Wildman–Crippen LogP) is 3.00. The zero-order valence-electron chi connectivity index (χ0n) is 18.7. The van der Waals surface area contributed by atoms with Crippen LogP contribution in [-0.2, 0) is 16.1 Å². The number of thioether (sulfide) groups is 1. The van der Waals surface area contributed by atoms with Gasteiger partial charge < -0.3 is 10.2 Å². The summed E-state index contributed by atoms with van der Waals surface area (Å²) >= 11 is 1.27. The van der Waals surface area contributed by atoms with E-state index in [9.17, 15) is 14.9 Å². The Balaban J connectivity index is 1.50. The molecule has 0 atom stereocenters. The number of likely N-dealkylation sites (tertiary alicyclic amines) is 1. The van der Waals surface area contributed by atoms with Crippen LogP contribution < -0.4 is 5.32 Å². The van der Waals surface area contributed by atoms with E-state index in [-0.39, 0.29) is 17.6 Å². The van der Waals surface area contributed by atoms with Crippen molar-refractivity contribution in [3.05, 3.63) is 30.4 Å². The van der Waals surface area contributed by atoms with Gasteiger partial charge in [-0.3, -0.25) is 19.1 Å². The smallest absolute Gasteiger partial charge is 0.231 e. The van der Waals surface area contributed by atoms with Gasteiger partial charge in [0, 0.05) is 19.2 Å². The minimum absolute atomic E-state index is 0.129. The number of carbonyl (C=O) groups is 2. The van der Waals surface area contributed by atoms with Gasteiger partial charge in [0.2, 0.25) is 11.8 Å². The molecule has 9 nitrogen and oxygen atoms in total. The van der Waals surface area contributed by atoms with E-state index in [2.05, 4.69) is 26.6 Å². The first kappa shape index (κ1) is 23.2. The van der Waals surface area contributed by atoms with Gasteiger partial charge in [-0.05, 0) is 37.8 Å². The molecule has 2 aliphatic rings. The van der Waals surface area contributed by atoms with Crippen molar-refractivity contribution in [1.82, 2.24) is 30.0 Å². The van der Waals surface area contributed by atoms with Crippen LogP contribution in [0.5, 0.6) is 0 Å². The summed E-state index contributed by atoms with van der Waals surface area (Å²) < 4.78 is 1.86. The number of nitrogens with one attached hydrogen (secondary N) is 1. The molecule has 0 bridgehead atoms. The normalized spacial score (nSPS) is 18.4. The highest BCUT2D eigenvalue weighted by Crippen LogP contribution is 2.28. The number of amides is 2. The Morgan fingerprint density at radius 1 is 1.18 bits per heavy atom. The first-order chi connectivity index (χ1) is 16.1. The minimum Gasteiger partial charge on any atom is -0.337 e. The van der Waals surface area contributed by atoms with Crippen molar-refractivity contribution >= 4 is 23.6 Å². The summed E-state index contributed by atoms with van der Waals surface area (Å²) in [6.45, 7) is 1.07. The second-order valence-electron chi connectivity index (χ2n) is 8.66. The molecular formula is C23H29N7O2S. The van der Waals surface area contributed by atoms with Crippen molar-refractivity contribution < 1.29 is 9.59 Å². The Labute approximate surface area is 198 Å². The molecular weight excluding hydrogens is 438 g/mol. The van der Waals surface area contributed by atoms with Gasteiger partial charge in [0.25, 0.3) is 0 Å². The zero-order chi connectivity index (χ0) is 23.1. The third-order valence-corrected chi connectivity index (χ3v) is 7.17. The van der Waals surface area contributed by atoms with E-state index in [1.807, 2.05) is 21.6 Å². The van der Waals surface area contributed by atoms with Crippen LogP contribution in [0.25, 0.3) is 5.69 Å². The number of hydrogen-bond donors (Lipinski definition) is 1. The largest absolute Gasteiger partial charge is 0.337 e. The number of carbonyl (C=O) groups excluding carboxylic acids is 2. The van der Waals surface area contributed by atoms with Crippen molar-refractivity contribution in [2.75, 3.05) is 12.3 Å². The Morgan fingerprint density at radius 3 is 2.76 bits per heavy atom. The predicted molar refractivity (Wildman–Crippen MR) is 123 cm³/mol. The van der Waals surface area contributed by atoms with Crippen LogP contribution >= 0.6 is 11.8 Å². The summed E-state index contributed by atoms with van der Waals surface area (Å²) in [5, 5.41) is 21.8. The second-order valence-corrected chi connectivity index (χ2v) is 9.61. The lowest BCUT2D eigenvalue weighted by molar-refractivity contribution is -0.131. The molecule has 0 spiro atoms. The molecule has 2 aromatic rings. The summed E-state index contributed by atoms with van der Waals surface area (Å²) in [5.41, 5.74) is 0.0223. The SMILES string of the molecule is N#CC1(NC(=O)CSc2nnc(CN3CCCCCC3=O)n2-c2cccnc2)CCCCC1. The maximum Gasteiger partial charge on any atom is 0.231 e. The summed E-state index contributed by atoms with van der Waals surface area (Å²) in [6, 6.07) is 6.06. The maximum absolute atomic E-state index is 12.7. The summed E-state index contributed by atoms with van der Waals surface area (Å²) in [6.07, 6.45) is 11.3.